The largest absolute Gasteiger partial charge is 0.480 e. The van der Waals surface area contributed by atoms with E-state index >= 15 is 0 Å². The normalized spacial score (nSPS) is 9.92. The van der Waals surface area contributed by atoms with Crippen molar-refractivity contribution in [2.45, 2.75) is 0 Å². The number of carbonyl (C=O) groups is 3. The van der Waals surface area contributed by atoms with Gasteiger partial charge in [0.15, 0.2) is 0 Å². The summed E-state index contributed by atoms with van der Waals surface area (Å²) in [7, 11) is 0. The summed E-state index contributed by atoms with van der Waals surface area (Å²) < 4.78 is 0. The highest BCUT2D eigenvalue weighted by atomic mass is 16.6. The van der Waals surface area contributed by atoms with Gasteiger partial charge in [0, 0.05) is 28.9 Å². The number of amides is 2. The van der Waals surface area contributed by atoms with E-state index < -0.39 is 29.3 Å². The number of carbonyl (C=O) groups excluding carboxylic acids is 2. The molecular weight excluding hydrogens is 330 g/mol. The molecule has 0 saturated heterocycles. The van der Waals surface area contributed by atoms with Crippen molar-refractivity contribution in [3.05, 3.63) is 69.8 Å². The predicted molar refractivity (Wildman–Crippen MR) is 87.5 cm³/mol. The third-order valence-electron chi connectivity index (χ3n) is 3.15. The third kappa shape index (κ3) is 4.86. The van der Waals surface area contributed by atoms with E-state index in [9.17, 15) is 24.5 Å². The van der Waals surface area contributed by atoms with Crippen molar-refractivity contribution in [3.63, 3.8) is 0 Å². The molecule has 0 aromatic heterocycles. The maximum Gasteiger partial charge on any atom is 0.322 e. The average molecular weight is 343 g/mol. The lowest BCUT2D eigenvalue weighted by Crippen LogP contribution is -2.29. The van der Waals surface area contributed by atoms with E-state index in [0.29, 0.717) is 5.69 Å². The van der Waals surface area contributed by atoms with Gasteiger partial charge in [-0.1, -0.05) is 0 Å². The van der Waals surface area contributed by atoms with E-state index in [2.05, 4.69) is 10.6 Å². The monoisotopic (exact) mass is 343 g/mol. The van der Waals surface area contributed by atoms with Gasteiger partial charge in [-0.3, -0.25) is 24.5 Å². The molecular formula is C16H13N3O6. The zero-order chi connectivity index (χ0) is 18.4. The number of hydrogen-bond acceptors (Lipinski definition) is 5. The first-order valence-electron chi connectivity index (χ1n) is 7.02. The molecule has 0 heterocycles. The fraction of sp³-hybridized carbons (Fsp3) is 0.0625. The Morgan fingerprint density at radius 3 is 1.96 bits per heavy atom. The molecule has 0 saturated carbocycles. The molecule has 0 aliphatic rings. The second-order valence-corrected chi connectivity index (χ2v) is 4.91. The summed E-state index contributed by atoms with van der Waals surface area (Å²) in [5, 5.41) is 23.9. The van der Waals surface area contributed by atoms with Crippen molar-refractivity contribution < 1.29 is 24.4 Å². The second-order valence-electron chi connectivity index (χ2n) is 4.91. The Labute approximate surface area is 141 Å². The standard InChI is InChI=1S/C16H13N3O6/c20-14(21)9-17-15(22)10-1-5-12(6-2-10)18-16(23)11-3-7-13(8-4-11)19(24)25/h1-8H,9H2,(H,17,22)(H,18,23)(H,20,21). The van der Waals surface area contributed by atoms with Crippen LogP contribution in [0.1, 0.15) is 20.7 Å². The number of nitro groups is 1. The van der Waals surface area contributed by atoms with Gasteiger partial charge in [0.1, 0.15) is 6.54 Å². The lowest BCUT2D eigenvalue weighted by molar-refractivity contribution is -0.384. The SMILES string of the molecule is O=C(O)CNC(=O)c1ccc(NC(=O)c2ccc([N+](=O)[O-])cc2)cc1. The fourth-order valence-corrected chi connectivity index (χ4v) is 1.90. The summed E-state index contributed by atoms with van der Waals surface area (Å²) in [4.78, 5) is 44.2. The Bertz CT molecular complexity index is 815. The maximum absolute atomic E-state index is 12.1. The number of non-ortho nitro benzene ring substituents is 1. The van der Waals surface area contributed by atoms with Crippen LogP contribution in [0, 0.1) is 10.1 Å². The molecule has 2 aromatic rings. The van der Waals surface area contributed by atoms with Crippen LogP contribution >= 0.6 is 0 Å². The van der Waals surface area contributed by atoms with Gasteiger partial charge in [0.05, 0.1) is 4.92 Å². The van der Waals surface area contributed by atoms with Crippen molar-refractivity contribution in [2.75, 3.05) is 11.9 Å². The van der Waals surface area contributed by atoms with Crippen molar-refractivity contribution >= 4 is 29.2 Å². The van der Waals surface area contributed by atoms with Crippen molar-refractivity contribution in [2.24, 2.45) is 0 Å². The Morgan fingerprint density at radius 2 is 1.44 bits per heavy atom. The van der Waals surface area contributed by atoms with Crippen molar-refractivity contribution in [3.8, 4) is 0 Å². The van der Waals surface area contributed by atoms with Gasteiger partial charge in [0.2, 0.25) is 0 Å². The number of benzene rings is 2. The van der Waals surface area contributed by atoms with Gasteiger partial charge in [-0.2, -0.15) is 0 Å². The number of anilines is 1. The van der Waals surface area contributed by atoms with Crippen LogP contribution in [0.25, 0.3) is 0 Å². The summed E-state index contributed by atoms with van der Waals surface area (Å²) in [5.74, 6) is -2.16. The second kappa shape index (κ2) is 7.68. The van der Waals surface area contributed by atoms with Gasteiger partial charge >= 0.3 is 5.97 Å². The van der Waals surface area contributed by atoms with Gasteiger partial charge in [0.25, 0.3) is 17.5 Å². The van der Waals surface area contributed by atoms with E-state index in [0.717, 1.165) is 0 Å². The summed E-state index contributed by atoms with van der Waals surface area (Å²) in [5.41, 5.74) is 0.787. The molecule has 25 heavy (non-hydrogen) atoms. The zero-order valence-corrected chi connectivity index (χ0v) is 12.8. The van der Waals surface area contributed by atoms with Crippen LogP contribution in [0.5, 0.6) is 0 Å². The maximum atomic E-state index is 12.1. The van der Waals surface area contributed by atoms with E-state index in [1.807, 2.05) is 0 Å². The fourth-order valence-electron chi connectivity index (χ4n) is 1.90. The molecule has 0 unspecified atom stereocenters. The highest BCUT2D eigenvalue weighted by Crippen LogP contribution is 2.15. The van der Waals surface area contributed by atoms with Gasteiger partial charge < -0.3 is 15.7 Å². The lowest BCUT2D eigenvalue weighted by Gasteiger charge is -2.07. The van der Waals surface area contributed by atoms with Crippen molar-refractivity contribution in [1.29, 1.82) is 0 Å². The molecule has 0 aliphatic heterocycles. The topological polar surface area (TPSA) is 139 Å². The van der Waals surface area contributed by atoms with Crippen LogP contribution in [0.4, 0.5) is 11.4 Å². The smallest absolute Gasteiger partial charge is 0.322 e. The van der Waals surface area contributed by atoms with Gasteiger partial charge in [-0.15, -0.1) is 0 Å². The molecule has 0 atom stereocenters. The molecule has 0 radical (unpaired) electrons. The van der Waals surface area contributed by atoms with Crippen LogP contribution in [0.15, 0.2) is 48.5 Å². The number of nitrogens with zero attached hydrogens (tertiary/aromatic N) is 1. The molecule has 3 N–H and O–H groups in total. The number of hydrogen-bond donors (Lipinski definition) is 3. The first-order valence-corrected chi connectivity index (χ1v) is 7.02. The number of carboxylic acids is 1. The predicted octanol–water partition coefficient (Wildman–Crippen LogP) is 1.66. The van der Waals surface area contributed by atoms with E-state index in [4.69, 9.17) is 5.11 Å². The Balaban J connectivity index is 2.00. The zero-order valence-electron chi connectivity index (χ0n) is 12.8. The Morgan fingerprint density at radius 1 is 0.920 bits per heavy atom. The van der Waals surface area contributed by atoms with Gasteiger partial charge in [-0.25, -0.2) is 0 Å². The first-order chi connectivity index (χ1) is 11.9. The summed E-state index contributed by atoms with van der Waals surface area (Å²) in [6, 6.07) is 11.0. The number of rotatable bonds is 6. The molecule has 2 rings (SSSR count). The van der Waals surface area contributed by atoms with Crippen LogP contribution in [0.2, 0.25) is 0 Å². The number of aliphatic carboxylic acids is 1. The summed E-state index contributed by atoms with van der Waals surface area (Å²) in [6.45, 7) is -0.489. The highest BCUT2D eigenvalue weighted by Gasteiger charge is 2.11. The van der Waals surface area contributed by atoms with Crippen LogP contribution in [0.3, 0.4) is 0 Å². The van der Waals surface area contributed by atoms with Crippen molar-refractivity contribution in [1.82, 2.24) is 5.32 Å². The van der Waals surface area contributed by atoms with E-state index in [1.165, 1.54) is 48.5 Å². The number of nitro benzene ring substituents is 1. The molecule has 128 valence electrons. The molecule has 0 spiro atoms. The third-order valence-corrected chi connectivity index (χ3v) is 3.15. The highest BCUT2D eigenvalue weighted by molar-refractivity contribution is 6.04. The molecule has 0 aliphatic carbocycles. The first kappa shape index (κ1) is 17.6. The minimum Gasteiger partial charge on any atom is -0.480 e. The van der Waals surface area contributed by atoms with Crippen LogP contribution in [-0.2, 0) is 4.79 Å². The summed E-state index contributed by atoms with van der Waals surface area (Å²) in [6.07, 6.45) is 0. The minimum absolute atomic E-state index is 0.117. The Kier molecular flexibility index (Phi) is 5.41. The molecule has 9 nitrogen and oxygen atoms in total. The van der Waals surface area contributed by atoms with Gasteiger partial charge in [-0.05, 0) is 36.4 Å². The summed E-state index contributed by atoms with van der Waals surface area (Å²) >= 11 is 0. The molecule has 2 amide bonds. The van der Waals surface area contributed by atoms with Crippen LogP contribution < -0.4 is 10.6 Å². The molecule has 9 heteroatoms. The van der Waals surface area contributed by atoms with Crippen LogP contribution in [-0.4, -0.2) is 34.4 Å². The van der Waals surface area contributed by atoms with E-state index in [-0.39, 0.29) is 16.8 Å². The molecule has 0 bridgehead atoms. The van der Waals surface area contributed by atoms with E-state index in [1.54, 1.807) is 0 Å². The minimum atomic E-state index is -1.15. The molecule has 2 aromatic carbocycles. The Hall–Kier alpha value is -3.75. The molecule has 0 fully saturated rings. The number of nitrogens with one attached hydrogen (secondary N) is 2. The number of carboxylic acid groups (broad SMARTS) is 1. The lowest BCUT2D eigenvalue weighted by atomic mass is 10.1. The quantitative estimate of drug-likeness (QED) is 0.538. The average Bonchev–Trinajstić information content (AvgIpc) is 2.60.